The molecule has 1 aliphatic heterocycles. The van der Waals surface area contributed by atoms with Crippen molar-refractivity contribution >= 4 is 11.8 Å². The van der Waals surface area contributed by atoms with Gasteiger partial charge in [-0.25, -0.2) is 4.39 Å². The summed E-state index contributed by atoms with van der Waals surface area (Å²) in [7, 11) is 0. The normalized spacial score (nSPS) is 14.9. The van der Waals surface area contributed by atoms with Gasteiger partial charge in [-0.05, 0) is 30.5 Å². The van der Waals surface area contributed by atoms with Gasteiger partial charge in [0.05, 0.1) is 0 Å². The van der Waals surface area contributed by atoms with Crippen LogP contribution in [0.25, 0.3) is 0 Å². The molecule has 2 rings (SSSR count). The predicted molar refractivity (Wildman–Crippen MR) is 87.4 cm³/mol. The third-order valence-corrected chi connectivity index (χ3v) is 4.27. The molecule has 1 heterocycles. The Labute approximate surface area is 137 Å². The van der Waals surface area contributed by atoms with E-state index in [2.05, 4.69) is 6.92 Å². The predicted octanol–water partition coefficient (Wildman–Crippen LogP) is 2.62. The van der Waals surface area contributed by atoms with Gasteiger partial charge >= 0.3 is 0 Å². The first kappa shape index (κ1) is 17.4. The van der Waals surface area contributed by atoms with Crippen LogP contribution in [0, 0.1) is 5.82 Å². The van der Waals surface area contributed by atoms with Gasteiger partial charge in [0.25, 0.3) is 0 Å². The number of hydrogen-bond acceptors (Lipinski definition) is 2. The summed E-state index contributed by atoms with van der Waals surface area (Å²) < 4.78 is 12.8. The molecule has 0 aromatic heterocycles. The molecule has 126 valence electrons. The van der Waals surface area contributed by atoms with Crippen molar-refractivity contribution in [3.05, 3.63) is 35.6 Å². The molecule has 23 heavy (non-hydrogen) atoms. The topological polar surface area (TPSA) is 40.6 Å². The van der Waals surface area contributed by atoms with E-state index in [1.165, 1.54) is 12.1 Å². The molecule has 0 bridgehead atoms. The molecule has 4 nitrogen and oxygen atoms in total. The molecule has 0 radical (unpaired) electrons. The molecule has 1 saturated heterocycles. The minimum atomic E-state index is -0.260. The van der Waals surface area contributed by atoms with Crippen LogP contribution in [0.2, 0.25) is 0 Å². The number of hydrogen-bond donors (Lipinski definition) is 0. The van der Waals surface area contributed by atoms with Crippen LogP contribution in [0.5, 0.6) is 0 Å². The Morgan fingerprint density at radius 1 is 0.957 bits per heavy atom. The van der Waals surface area contributed by atoms with Gasteiger partial charge in [-0.2, -0.15) is 0 Å². The molecule has 1 aromatic carbocycles. The SMILES string of the molecule is CCCCC(=O)N1CCN(C(=O)CCc2ccc(F)cc2)CC1. The van der Waals surface area contributed by atoms with Crippen molar-refractivity contribution in [3.63, 3.8) is 0 Å². The van der Waals surface area contributed by atoms with Crippen molar-refractivity contribution in [3.8, 4) is 0 Å². The number of unbranched alkanes of at least 4 members (excludes halogenated alkanes) is 1. The number of carbonyl (C=O) groups excluding carboxylic acids is 2. The van der Waals surface area contributed by atoms with E-state index in [1.54, 1.807) is 12.1 Å². The zero-order chi connectivity index (χ0) is 16.7. The fraction of sp³-hybridized carbons (Fsp3) is 0.556. The van der Waals surface area contributed by atoms with E-state index < -0.39 is 0 Å². The lowest BCUT2D eigenvalue weighted by atomic mass is 10.1. The van der Waals surface area contributed by atoms with Crippen LogP contribution in [0.1, 0.15) is 38.2 Å². The van der Waals surface area contributed by atoms with Crippen molar-refractivity contribution in [1.29, 1.82) is 0 Å². The molecule has 0 aliphatic carbocycles. The quantitative estimate of drug-likeness (QED) is 0.808. The molecule has 1 aromatic rings. The van der Waals surface area contributed by atoms with Crippen molar-refractivity contribution in [2.45, 2.75) is 39.0 Å². The van der Waals surface area contributed by atoms with Gasteiger partial charge in [-0.1, -0.05) is 25.5 Å². The first-order valence-corrected chi connectivity index (χ1v) is 8.40. The molecule has 1 aliphatic rings. The van der Waals surface area contributed by atoms with Gasteiger partial charge in [-0.15, -0.1) is 0 Å². The second kappa shape index (κ2) is 8.65. The second-order valence-electron chi connectivity index (χ2n) is 5.99. The fourth-order valence-corrected chi connectivity index (χ4v) is 2.75. The number of halogens is 1. The van der Waals surface area contributed by atoms with Crippen LogP contribution in [0.15, 0.2) is 24.3 Å². The Kier molecular flexibility index (Phi) is 6.56. The highest BCUT2D eigenvalue weighted by Gasteiger charge is 2.23. The van der Waals surface area contributed by atoms with E-state index in [4.69, 9.17) is 0 Å². The highest BCUT2D eigenvalue weighted by atomic mass is 19.1. The first-order chi connectivity index (χ1) is 11.1. The van der Waals surface area contributed by atoms with Crippen molar-refractivity contribution < 1.29 is 14.0 Å². The number of carbonyl (C=O) groups is 2. The Morgan fingerprint density at radius 3 is 2.00 bits per heavy atom. The van der Waals surface area contributed by atoms with Crippen LogP contribution >= 0.6 is 0 Å². The number of piperazine rings is 1. The highest BCUT2D eigenvalue weighted by Crippen LogP contribution is 2.10. The Bertz CT molecular complexity index is 522. The number of rotatable bonds is 6. The minimum absolute atomic E-state index is 0.106. The van der Waals surface area contributed by atoms with E-state index in [9.17, 15) is 14.0 Å². The van der Waals surface area contributed by atoms with Crippen LogP contribution in [0.4, 0.5) is 4.39 Å². The summed E-state index contributed by atoms with van der Waals surface area (Å²) in [5.41, 5.74) is 0.966. The average molecular weight is 320 g/mol. The third kappa shape index (κ3) is 5.34. The summed E-state index contributed by atoms with van der Waals surface area (Å²) in [4.78, 5) is 27.9. The average Bonchev–Trinajstić information content (AvgIpc) is 2.59. The monoisotopic (exact) mass is 320 g/mol. The van der Waals surface area contributed by atoms with Crippen LogP contribution in [-0.4, -0.2) is 47.8 Å². The third-order valence-electron chi connectivity index (χ3n) is 4.27. The zero-order valence-electron chi connectivity index (χ0n) is 13.8. The van der Waals surface area contributed by atoms with E-state index in [-0.39, 0.29) is 17.6 Å². The van der Waals surface area contributed by atoms with Gasteiger partial charge in [0.15, 0.2) is 0 Å². The Hall–Kier alpha value is -1.91. The fourth-order valence-electron chi connectivity index (χ4n) is 2.75. The lowest BCUT2D eigenvalue weighted by molar-refractivity contribution is -0.139. The molecule has 0 spiro atoms. The molecular weight excluding hydrogens is 295 g/mol. The summed E-state index contributed by atoms with van der Waals surface area (Å²) in [6, 6.07) is 6.26. The molecule has 5 heteroatoms. The smallest absolute Gasteiger partial charge is 0.223 e. The van der Waals surface area contributed by atoms with Gasteiger partial charge in [0.1, 0.15) is 5.82 Å². The molecule has 0 atom stereocenters. The Morgan fingerprint density at radius 2 is 1.48 bits per heavy atom. The zero-order valence-corrected chi connectivity index (χ0v) is 13.8. The number of benzene rings is 1. The van der Waals surface area contributed by atoms with Crippen LogP contribution < -0.4 is 0 Å². The first-order valence-electron chi connectivity index (χ1n) is 8.40. The second-order valence-corrected chi connectivity index (χ2v) is 5.99. The largest absolute Gasteiger partial charge is 0.339 e. The van der Waals surface area contributed by atoms with E-state index in [1.807, 2.05) is 9.80 Å². The van der Waals surface area contributed by atoms with Crippen molar-refractivity contribution in [2.24, 2.45) is 0 Å². The maximum atomic E-state index is 12.8. The minimum Gasteiger partial charge on any atom is -0.339 e. The van der Waals surface area contributed by atoms with Gasteiger partial charge in [0.2, 0.25) is 11.8 Å². The highest BCUT2D eigenvalue weighted by molar-refractivity contribution is 5.78. The van der Waals surface area contributed by atoms with Crippen LogP contribution in [0.3, 0.4) is 0 Å². The number of aryl methyl sites for hydroxylation is 1. The molecule has 0 saturated carbocycles. The lowest BCUT2D eigenvalue weighted by Crippen LogP contribution is -2.50. The van der Waals surface area contributed by atoms with Gasteiger partial charge in [0, 0.05) is 39.0 Å². The summed E-state index contributed by atoms with van der Waals surface area (Å²) in [5, 5.41) is 0. The molecular formula is C18H25FN2O2. The number of nitrogens with zero attached hydrogens (tertiary/aromatic N) is 2. The van der Waals surface area contributed by atoms with Gasteiger partial charge < -0.3 is 9.80 Å². The molecule has 2 amide bonds. The van der Waals surface area contributed by atoms with E-state index >= 15 is 0 Å². The summed E-state index contributed by atoms with van der Waals surface area (Å²) in [6.07, 6.45) is 3.60. The number of amides is 2. The van der Waals surface area contributed by atoms with E-state index in [0.717, 1.165) is 18.4 Å². The van der Waals surface area contributed by atoms with Crippen molar-refractivity contribution in [2.75, 3.05) is 26.2 Å². The van der Waals surface area contributed by atoms with Crippen LogP contribution in [-0.2, 0) is 16.0 Å². The molecule has 0 unspecified atom stereocenters. The maximum Gasteiger partial charge on any atom is 0.223 e. The van der Waals surface area contributed by atoms with Gasteiger partial charge in [-0.3, -0.25) is 9.59 Å². The maximum absolute atomic E-state index is 12.8. The summed E-state index contributed by atoms with van der Waals surface area (Å²) >= 11 is 0. The van der Waals surface area contributed by atoms with E-state index in [0.29, 0.717) is 45.4 Å². The standard InChI is InChI=1S/C18H25FN2O2/c1-2-3-4-17(22)20-11-13-21(14-12-20)18(23)10-7-15-5-8-16(19)9-6-15/h5-6,8-9H,2-4,7,10-14H2,1H3. The lowest BCUT2D eigenvalue weighted by Gasteiger charge is -2.35. The Balaban J connectivity index is 1.73. The summed E-state index contributed by atoms with van der Waals surface area (Å²) in [6.45, 7) is 4.56. The van der Waals surface area contributed by atoms with Crippen molar-refractivity contribution in [1.82, 2.24) is 9.80 Å². The molecule has 0 N–H and O–H groups in total. The summed E-state index contributed by atoms with van der Waals surface area (Å²) in [5.74, 6) is 0.0455. The molecule has 1 fully saturated rings.